The van der Waals surface area contributed by atoms with Crippen LogP contribution in [0.3, 0.4) is 0 Å². The number of nitrogens with two attached hydrogens (primary N) is 1. The van der Waals surface area contributed by atoms with E-state index in [0.717, 1.165) is 6.08 Å². The maximum atomic E-state index is 13.2. The number of carbonyl (C=O) groups is 1. The number of hydrogen-bond donors (Lipinski definition) is 4. The quantitative estimate of drug-likeness (QED) is 0.364. The van der Waals surface area contributed by atoms with E-state index in [0.29, 0.717) is 19.5 Å². The van der Waals surface area contributed by atoms with E-state index in [-0.39, 0.29) is 6.42 Å². The Labute approximate surface area is 94.0 Å². The molecule has 0 unspecified atom stereocenters. The van der Waals surface area contributed by atoms with Gasteiger partial charge in [-0.1, -0.05) is 0 Å². The van der Waals surface area contributed by atoms with Gasteiger partial charge in [0.15, 0.2) is 0 Å². The summed E-state index contributed by atoms with van der Waals surface area (Å²) in [6, 6.07) is 0. The lowest BCUT2D eigenvalue weighted by atomic mass is 10.0. The normalized spacial score (nSPS) is 15.6. The third kappa shape index (κ3) is 6.26. The van der Waals surface area contributed by atoms with Crippen LogP contribution in [0.25, 0.3) is 0 Å². The zero-order valence-electron chi connectivity index (χ0n) is 9.29. The zero-order valence-corrected chi connectivity index (χ0v) is 9.29. The van der Waals surface area contributed by atoms with Crippen molar-refractivity contribution >= 4 is 12.2 Å². The van der Waals surface area contributed by atoms with E-state index < -0.39 is 17.3 Å². The van der Waals surface area contributed by atoms with Crippen molar-refractivity contribution in [2.45, 2.75) is 25.3 Å². The van der Waals surface area contributed by atoms with E-state index in [4.69, 9.17) is 16.2 Å². The molecule has 0 aromatic carbocycles. The number of carboxylic acids is 1. The minimum atomic E-state index is -1.66. The summed E-state index contributed by atoms with van der Waals surface area (Å²) in [6.45, 7) is 2.27. The number of aliphatic carboxylic acids is 1. The molecule has 0 aliphatic heterocycles. The fourth-order valence-corrected chi connectivity index (χ4v) is 1.02. The van der Waals surface area contributed by atoms with Gasteiger partial charge in [0.2, 0.25) is 0 Å². The van der Waals surface area contributed by atoms with Crippen molar-refractivity contribution in [2.75, 3.05) is 13.1 Å². The molecule has 0 bridgehead atoms. The molecule has 5 nitrogen and oxygen atoms in total. The minimum Gasteiger partial charge on any atom is -0.480 e. The summed E-state index contributed by atoms with van der Waals surface area (Å²) < 4.78 is 13.2. The Kier molecular flexibility index (Phi) is 6.52. The number of rotatable bonds is 8. The third-order valence-corrected chi connectivity index (χ3v) is 1.93. The van der Waals surface area contributed by atoms with Gasteiger partial charge in [-0.25, -0.2) is 9.18 Å². The zero-order chi connectivity index (χ0) is 12.6. The number of allylic oxidation sites excluding steroid dienone is 1. The molecule has 0 aliphatic carbocycles. The SMILES string of the molecule is C[C@](N)(/C=C(\F)CCCNCC=N)C(=O)O. The molecular formula is C10H18FN3O2. The standard InChI is InChI=1S/C10H18FN3O2/c1-10(13,9(15)16)7-8(11)3-2-5-14-6-4-12/h4,7,12,14H,2-3,5-6,13H2,1H3,(H,15,16)/b8-7-,12-4?/t10-/m0/s1. The first kappa shape index (κ1) is 14.7. The van der Waals surface area contributed by atoms with Gasteiger partial charge in [-0.15, -0.1) is 0 Å². The van der Waals surface area contributed by atoms with Crippen LogP contribution in [0, 0.1) is 5.41 Å². The summed E-state index contributed by atoms with van der Waals surface area (Å²) in [5.74, 6) is -1.78. The topological polar surface area (TPSA) is 99.2 Å². The highest BCUT2D eigenvalue weighted by Crippen LogP contribution is 2.12. The first-order valence-electron chi connectivity index (χ1n) is 4.99. The number of hydrogen-bond acceptors (Lipinski definition) is 4. The molecular weight excluding hydrogens is 213 g/mol. The molecule has 0 heterocycles. The molecule has 0 fully saturated rings. The van der Waals surface area contributed by atoms with Crippen LogP contribution in [0.15, 0.2) is 11.9 Å². The summed E-state index contributed by atoms with van der Waals surface area (Å²) in [5.41, 5.74) is 3.69. The Hall–Kier alpha value is -1.27. The lowest BCUT2D eigenvalue weighted by molar-refractivity contribution is -0.140. The van der Waals surface area contributed by atoms with Crippen LogP contribution in [0.1, 0.15) is 19.8 Å². The molecule has 6 heteroatoms. The molecule has 0 aliphatic rings. The highest BCUT2D eigenvalue weighted by Gasteiger charge is 2.25. The van der Waals surface area contributed by atoms with Gasteiger partial charge in [-0.05, 0) is 26.0 Å². The number of carboxylic acid groups (broad SMARTS) is 1. The predicted octanol–water partition coefficient (Wildman–Crippen LogP) is 0.661. The smallest absolute Gasteiger partial charge is 0.327 e. The highest BCUT2D eigenvalue weighted by molar-refractivity contribution is 5.80. The van der Waals surface area contributed by atoms with Gasteiger partial charge in [-0.3, -0.25) is 0 Å². The molecule has 0 aromatic rings. The second-order valence-electron chi connectivity index (χ2n) is 3.69. The second-order valence-corrected chi connectivity index (χ2v) is 3.69. The van der Waals surface area contributed by atoms with E-state index in [1.165, 1.54) is 13.1 Å². The minimum absolute atomic E-state index is 0.144. The number of halogens is 1. The molecule has 0 saturated heterocycles. The molecule has 0 amide bonds. The van der Waals surface area contributed by atoms with Crippen LogP contribution in [-0.4, -0.2) is 35.9 Å². The molecule has 0 aromatic heterocycles. The molecule has 16 heavy (non-hydrogen) atoms. The average molecular weight is 231 g/mol. The molecule has 0 spiro atoms. The summed E-state index contributed by atoms with van der Waals surface area (Å²) in [4.78, 5) is 10.6. The van der Waals surface area contributed by atoms with E-state index in [9.17, 15) is 9.18 Å². The van der Waals surface area contributed by atoms with Gasteiger partial charge in [0.25, 0.3) is 0 Å². The molecule has 0 radical (unpaired) electrons. The Morgan fingerprint density at radius 1 is 1.69 bits per heavy atom. The van der Waals surface area contributed by atoms with Gasteiger partial charge in [-0.2, -0.15) is 0 Å². The van der Waals surface area contributed by atoms with E-state index in [1.54, 1.807) is 0 Å². The summed E-state index contributed by atoms with van der Waals surface area (Å²) >= 11 is 0. The maximum absolute atomic E-state index is 13.2. The lowest BCUT2D eigenvalue weighted by Crippen LogP contribution is -2.42. The van der Waals surface area contributed by atoms with Crippen molar-refractivity contribution in [3.63, 3.8) is 0 Å². The predicted molar refractivity (Wildman–Crippen MR) is 60.3 cm³/mol. The Morgan fingerprint density at radius 2 is 2.31 bits per heavy atom. The van der Waals surface area contributed by atoms with Crippen molar-refractivity contribution in [1.82, 2.24) is 5.32 Å². The molecule has 0 saturated carbocycles. The van der Waals surface area contributed by atoms with Crippen LogP contribution in [-0.2, 0) is 4.79 Å². The summed E-state index contributed by atoms with van der Waals surface area (Å²) in [5, 5.41) is 18.3. The number of nitrogens with one attached hydrogen (secondary N) is 2. The monoisotopic (exact) mass is 231 g/mol. The molecule has 1 atom stereocenters. The van der Waals surface area contributed by atoms with Gasteiger partial charge >= 0.3 is 5.97 Å². The van der Waals surface area contributed by atoms with Crippen LogP contribution in [0.2, 0.25) is 0 Å². The van der Waals surface area contributed by atoms with E-state index >= 15 is 0 Å². The summed E-state index contributed by atoms with van der Waals surface area (Å²) in [7, 11) is 0. The Bertz CT molecular complexity index is 277. The Morgan fingerprint density at radius 3 is 2.81 bits per heavy atom. The highest BCUT2D eigenvalue weighted by atomic mass is 19.1. The average Bonchev–Trinajstić information content (AvgIpc) is 2.16. The van der Waals surface area contributed by atoms with E-state index in [2.05, 4.69) is 5.32 Å². The van der Waals surface area contributed by atoms with Crippen molar-refractivity contribution < 1.29 is 14.3 Å². The molecule has 0 rings (SSSR count). The first-order chi connectivity index (χ1) is 7.40. The molecule has 92 valence electrons. The van der Waals surface area contributed by atoms with Crippen molar-refractivity contribution in [3.05, 3.63) is 11.9 Å². The van der Waals surface area contributed by atoms with Gasteiger partial charge in [0.05, 0.1) is 5.83 Å². The van der Waals surface area contributed by atoms with Crippen LogP contribution in [0.4, 0.5) is 4.39 Å². The second kappa shape index (κ2) is 7.08. The van der Waals surface area contributed by atoms with Gasteiger partial charge in [0.1, 0.15) is 5.54 Å². The third-order valence-electron chi connectivity index (χ3n) is 1.93. The van der Waals surface area contributed by atoms with Crippen LogP contribution in [0.5, 0.6) is 0 Å². The van der Waals surface area contributed by atoms with Crippen molar-refractivity contribution in [2.24, 2.45) is 5.73 Å². The maximum Gasteiger partial charge on any atom is 0.327 e. The largest absolute Gasteiger partial charge is 0.480 e. The van der Waals surface area contributed by atoms with Crippen LogP contribution < -0.4 is 11.1 Å². The molecule has 5 N–H and O–H groups in total. The fraction of sp³-hybridized carbons (Fsp3) is 0.600. The summed E-state index contributed by atoms with van der Waals surface area (Å²) in [6.07, 6.45) is 2.82. The Balaban J connectivity index is 3.96. The van der Waals surface area contributed by atoms with Crippen LogP contribution >= 0.6 is 0 Å². The first-order valence-corrected chi connectivity index (χ1v) is 4.99. The van der Waals surface area contributed by atoms with Crippen molar-refractivity contribution in [3.8, 4) is 0 Å². The van der Waals surface area contributed by atoms with Gasteiger partial charge < -0.3 is 21.6 Å². The van der Waals surface area contributed by atoms with Gasteiger partial charge in [0, 0.05) is 19.2 Å². The van der Waals surface area contributed by atoms with Crippen molar-refractivity contribution in [1.29, 1.82) is 5.41 Å². The fourth-order valence-electron chi connectivity index (χ4n) is 1.02. The van der Waals surface area contributed by atoms with E-state index in [1.807, 2.05) is 0 Å². The lowest BCUT2D eigenvalue weighted by Gasteiger charge is -2.14.